The van der Waals surface area contributed by atoms with Crippen molar-refractivity contribution in [2.24, 2.45) is 0 Å². The third kappa shape index (κ3) is 1.47. The lowest BCUT2D eigenvalue weighted by Crippen LogP contribution is -2.02. The Bertz CT molecular complexity index is 991. The highest BCUT2D eigenvalue weighted by molar-refractivity contribution is 7.24. The number of nitrogens with zero attached hydrogens (tertiary/aromatic N) is 2. The van der Waals surface area contributed by atoms with E-state index < -0.39 is 0 Å². The van der Waals surface area contributed by atoms with Crippen LogP contribution < -0.4 is 5.43 Å². The molecule has 0 atom stereocenters. The van der Waals surface area contributed by atoms with Crippen LogP contribution in [0.2, 0.25) is 0 Å². The average Bonchev–Trinajstić information content (AvgIpc) is 2.47. The van der Waals surface area contributed by atoms with Gasteiger partial charge in [-0.15, -0.1) is 11.3 Å². The van der Waals surface area contributed by atoms with Gasteiger partial charge in [-0.3, -0.25) is 9.78 Å². The van der Waals surface area contributed by atoms with E-state index in [1.54, 1.807) is 29.8 Å². The van der Waals surface area contributed by atoms with Gasteiger partial charge in [-0.2, -0.15) is 0 Å². The molecule has 0 radical (unpaired) electrons. The van der Waals surface area contributed by atoms with E-state index in [-0.39, 0.29) is 5.43 Å². The largest absolute Gasteiger partial charge is 0.288 e. The summed E-state index contributed by atoms with van der Waals surface area (Å²) in [5.41, 5.74) is 0.887. The van der Waals surface area contributed by atoms with Crippen molar-refractivity contribution in [3.8, 4) is 0 Å². The highest BCUT2D eigenvalue weighted by Crippen LogP contribution is 2.27. The molecule has 4 rings (SSSR count). The van der Waals surface area contributed by atoms with Gasteiger partial charge in [0.1, 0.15) is 4.83 Å². The van der Waals surface area contributed by atoms with Crippen LogP contribution in [0.4, 0.5) is 0 Å². The Morgan fingerprint density at radius 3 is 2.58 bits per heavy atom. The first-order chi connectivity index (χ1) is 9.34. The molecule has 0 saturated heterocycles. The lowest BCUT2D eigenvalue weighted by atomic mass is 10.1. The number of benzene rings is 1. The predicted molar refractivity (Wildman–Crippen MR) is 78.7 cm³/mol. The van der Waals surface area contributed by atoms with Crippen molar-refractivity contribution in [2.45, 2.75) is 0 Å². The van der Waals surface area contributed by atoms with E-state index in [0.717, 1.165) is 25.8 Å². The molecule has 0 aliphatic heterocycles. The first-order valence-corrected chi connectivity index (χ1v) is 6.71. The molecule has 19 heavy (non-hydrogen) atoms. The average molecular weight is 264 g/mol. The second-order valence-electron chi connectivity index (χ2n) is 4.30. The number of hydrogen-bond acceptors (Lipinski definition) is 4. The van der Waals surface area contributed by atoms with Crippen LogP contribution in [-0.2, 0) is 0 Å². The van der Waals surface area contributed by atoms with Gasteiger partial charge >= 0.3 is 0 Å². The van der Waals surface area contributed by atoms with Gasteiger partial charge in [0.25, 0.3) is 0 Å². The van der Waals surface area contributed by atoms with Gasteiger partial charge in [-0.05, 0) is 30.3 Å². The van der Waals surface area contributed by atoms with Gasteiger partial charge in [0, 0.05) is 27.9 Å². The first kappa shape index (κ1) is 10.6. The second kappa shape index (κ2) is 3.83. The van der Waals surface area contributed by atoms with Gasteiger partial charge in [0.15, 0.2) is 5.43 Å². The smallest absolute Gasteiger partial charge is 0.198 e. The molecule has 0 spiro atoms. The Morgan fingerprint density at radius 1 is 0.895 bits per heavy atom. The van der Waals surface area contributed by atoms with Crippen molar-refractivity contribution in [3.63, 3.8) is 0 Å². The predicted octanol–water partition coefficient (Wildman–Crippen LogP) is 3.36. The van der Waals surface area contributed by atoms with Crippen molar-refractivity contribution in [2.75, 3.05) is 0 Å². The van der Waals surface area contributed by atoms with Crippen molar-refractivity contribution in [1.82, 2.24) is 9.97 Å². The van der Waals surface area contributed by atoms with Crippen LogP contribution in [0.1, 0.15) is 0 Å². The summed E-state index contributed by atoms with van der Waals surface area (Å²) < 4.78 is 0.955. The van der Waals surface area contributed by atoms with E-state index in [2.05, 4.69) is 9.97 Å². The fourth-order valence-corrected chi connectivity index (χ4v) is 3.37. The first-order valence-electron chi connectivity index (χ1n) is 5.90. The molecule has 0 N–H and O–H groups in total. The van der Waals surface area contributed by atoms with Crippen LogP contribution in [0.5, 0.6) is 0 Å². The van der Waals surface area contributed by atoms with Crippen molar-refractivity contribution in [1.29, 1.82) is 0 Å². The maximum Gasteiger partial charge on any atom is 0.198 e. The van der Waals surface area contributed by atoms with Crippen LogP contribution in [0.25, 0.3) is 31.2 Å². The van der Waals surface area contributed by atoms with E-state index in [1.165, 1.54) is 0 Å². The van der Waals surface area contributed by atoms with E-state index in [4.69, 9.17) is 0 Å². The molecule has 1 aromatic carbocycles. The summed E-state index contributed by atoms with van der Waals surface area (Å²) in [6.07, 6.45) is 3.46. The third-order valence-corrected chi connectivity index (χ3v) is 4.28. The Labute approximate surface area is 112 Å². The molecule has 0 fully saturated rings. The molecule has 0 aliphatic rings. The summed E-state index contributed by atoms with van der Waals surface area (Å²) >= 11 is 1.54. The Balaban J connectivity index is 2.37. The Morgan fingerprint density at radius 2 is 1.68 bits per heavy atom. The lowest BCUT2D eigenvalue weighted by Gasteiger charge is -2.03. The van der Waals surface area contributed by atoms with Crippen molar-refractivity contribution >= 4 is 42.5 Å². The van der Waals surface area contributed by atoms with Gasteiger partial charge < -0.3 is 0 Å². The molecule has 90 valence electrons. The van der Waals surface area contributed by atoms with Crippen LogP contribution in [-0.4, -0.2) is 9.97 Å². The highest BCUT2D eigenvalue weighted by Gasteiger charge is 2.09. The zero-order valence-electron chi connectivity index (χ0n) is 9.83. The molecular weight excluding hydrogens is 256 g/mol. The van der Waals surface area contributed by atoms with E-state index in [0.29, 0.717) is 5.39 Å². The van der Waals surface area contributed by atoms with E-state index >= 15 is 0 Å². The molecule has 0 aliphatic carbocycles. The van der Waals surface area contributed by atoms with Crippen molar-refractivity contribution in [3.05, 3.63) is 59.0 Å². The molecule has 0 amide bonds. The van der Waals surface area contributed by atoms with Gasteiger partial charge in [0.05, 0.1) is 10.9 Å². The van der Waals surface area contributed by atoms with Crippen LogP contribution >= 0.6 is 11.3 Å². The molecule has 0 saturated carbocycles. The topological polar surface area (TPSA) is 42.9 Å². The molecule has 0 bridgehead atoms. The number of rotatable bonds is 0. The van der Waals surface area contributed by atoms with E-state index in [9.17, 15) is 4.79 Å². The molecular formula is C15H8N2OS. The Kier molecular flexibility index (Phi) is 2.13. The molecule has 4 heteroatoms. The lowest BCUT2D eigenvalue weighted by molar-refractivity contribution is 1.42. The maximum absolute atomic E-state index is 12.6. The van der Waals surface area contributed by atoms with Gasteiger partial charge in [-0.25, -0.2) is 4.98 Å². The summed E-state index contributed by atoms with van der Waals surface area (Å²) in [6, 6.07) is 11.3. The Hall–Kier alpha value is -2.33. The molecule has 4 aromatic rings. The highest BCUT2D eigenvalue weighted by atomic mass is 32.1. The zero-order valence-corrected chi connectivity index (χ0v) is 10.6. The minimum absolute atomic E-state index is 0.0375. The number of hydrogen-bond donors (Lipinski definition) is 0. The molecule has 0 unspecified atom stereocenters. The molecule has 3 nitrogen and oxygen atoms in total. The summed E-state index contributed by atoms with van der Waals surface area (Å²) in [6.45, 7) is 0. The summed E-state index contributed by atoms with van der Waals surface area (Å²) in [4.78, 5) is 22.0. The number of fused-ring (bicyclic) bond motifs is 4. The molecule has 3 heterocycles. The summed E-state index contributed by atoms with van der Waals surface area (Å²) in [7, 11) is 0. The van der Waals surface area contributed by atoms with E-state index in [1.807, 2.05) is 30.3 Å². The normalized spacial score (nSPS) is 11.4. The molecule has 3 aromatic heterocycles. The van der Waals surface area contributed by atoms with Crippen LogP contribution in [0.3, 0.4) is 0 Å². The monoisotopic (exact) mass is 264 g/mol. The van der Waals surface area contributed by atoms with Crippen molar-refractivity contribution < 1.29 is 0 Å². The summed E-state index contributed by atoms with van der Waals surface area (Å²) in [5.74, 6) is 0. The van der Waals surface area contributed by atoms with Crippen LogP contribution in [0.15, 0.2) is 53.6 Å². The second-order valence-corrected chi connectivity index (χ2v) is 5.33. The van der Waals surface area contributed by atoms with Gasteiger partial charge in [-0.1, -0.05) is 6.07 Å². The number of aromatic nitrogens is 2. The fourth-order valence-electron chi connectivity index (χ4n) is 2.34. The SMILES string of the molecule is O=c1c2cccnc2sc2ccc3ncccc3c12. The minimum atomic E-state index is 0.0375. The summed E-state index contributed by atoms with van der Waals surface area (Å²) in [5, 5.41) is 2.33. The fraction of sp³-hybridized carbons (Fsp3) is 0. The maximum atomic E-state index is 12.6. The van der Waals surface area contributed by atoms with Crippen LogP contribution in [0, 0.1) is 0 Å². The third-order valence-electron chi connectivity index (χ3n) is 3.20. The number of pyridine rings is 2. The van der Waals surface area contributed by atoms with Gasteiger partial charge in [0.2, 0.25) is 0 Å². The zero-order chi connectivity index (χ0) is 12.8. The minimum Gasteiger partial charge on any atom is -0.288 e. The standard InChI is InChI=1S/C15H8N2OS/c18-14-10-4-2-8-17-15(10)19-12-6-5-11-9(13(12)14)3-1-7-16-11/h1-8H. The quantitative estimate of drug-likeness (QED) is 0.361.